The van der Waals surface area contributed by atoms with Crippen molar-refractivity contribution in [2.75, 3.05) is 7.05 Å². The third kappa shape index (κ3) is 2.59. The second-order valence-corrected chi connectivity index (χ2v) is 4.21. The van der Waals surface area contributed by atoms with Crippen LogP contribution in [0.1, 0.15) is 24.4 Å². The number of aromatic nitrogens is 2. The molecule has 0 aliphatic carbocycles. The average Bonchev–Trinajstić information content (AvgIpc) is 2.86. The van der Waals surface area contributed by atoms with Crippen LogP contribution in [0.15, 0.2) is 36.7 Å². The van der Waals surface area contributed by atoms with E-state index in [0.717, 1.165) is 12.4 Å². The smallest absolute Gasteiger partial charge is 0.126 e. The van der Waals surface area contributed by atoms with Gasteiger partial charge >= 0.3 is 0 Å². The number of halogens is 1. The Morgan fingerprint density at radius 2 is 2.17 bits per heavy atom. The van der Waals surface area contributed by atoms with Gasteiger partial charge in [0.2, 0.25) is 0 Å². The minimum absolute atomic E-state index is 0.0249. The Kier molecular flexibility index (Phi) is 4.10. The van der Waals surface area contributed by atoms with Crippen LogP contribution in [0.3, 0.4) is 0 Å². The van der Waals surface area contributed by atoms with Gasteiger partial charge in [-0.3, -0.25) is 0 Å². The Morgan fingerprint density at radius 3 is 2.83 bits per heavy atom. The molecule has 18 heavy (non-hydrogen) atoms. The Morgan fingerprint density at radius 1 is 1.39 bits per heavy atom. The number of benzene rings is 1. The van der Waals surface area contributed by atoms with Gasteiger partial charge < -0.3 is 9.88 Å². The second-order valence-electron chi connectivity index (χ2n) is 4.21. The highest BCUT2D eigenvalue weighted by molar-refractivity contribution is 5.20. The maximum atomic E-state index is 13.7. The monoisotopic (exact) mass is 247 g/mol. The van der Waals surface area contributed by atoms with E-state index in [0.29, 0.717) is 12.0 Å². The fourth-order valence-corrected chi connectivity index (χ4v) is 2.10. The molecule has 0 saturated carbocycles. The molecule has 3 nitrogen and oxygen atoms in total. The Hall–Kier alpha value is -1.68. The normalized spacial score (nSPS) is 12.6. The first-order valence-corrected chi connectivity index (χ1v) is 6.18. The van der Waals surface area contributed by atoms with Crippen molar-refractivity contribution in [2.24, 2.45) is 0 Å². The number of hydrogen-bond donors (Lipinski definition) is 1. The summed E-state index contributed by atoms with van der Waals surface area (Å²) in [5.74, 6) is 0.788. The first-order valence-electron chi connectivity index (χ1n) is 6.18. The molecule has 0 aliphatic heterocycles. The number of nitrogens with zero attached hydrogens (tertiary/aromatic N) is 2. The van der Waals surface area contributed by atoms with Crippen molar-refractivity contribution < 1.29 is 4.39 Å². The van der Waals surface area contributed by atoms with E-state index in [2.05, 4.69) is 21.8 Å². The predicted octanol–water partition coefficient (Wildman–Crippen LogP) is 2.55. The van der Waals surface area contributed by atoms with Crippen LogP contribution in [-0.2, 0) is 13.0 Å². The summed E-state index contributed by atoms with van der Waals surface area (Å²) in [6.45, 7) is 2.94. The maximum absolute atomic E-state index is 13.7. The van der Waals surface area contributed by atoms with Crippen LogP contribution in [0, 0.1) is 5.82 Å². The second kappa shape index (κ2) is 5.78. The predicted molar refractivity (Wildman–Crippen MR) is 69.8 cm³/mol. The number of aryl methyl sites for hydroxylation is 1. The molecule has 0 amide bonds. The number of imidazole rings is 1. The molecule has 4 heteroatoms. The van der Waals surface area contributed by atoms with Crippen LogP contribution in [-0.4, -0.2) is 16.6 Å². The van der Waals surface area contributed by atoms with Gasteiger partial charge in [-0.05, 0) is 32.0 Å². The summed E-state index contributed by atoms with van der Waals surface area (Å²) in [6.07, 6.45) is 4.33. The molecule has 1 aromatic carbocycles. The SMILES string of the molecule is CCn1ccnc1C(Cc1ccccc1F)NC. The van der Waals surface area contributed by atoms with E-state index in [1.165, 1.54) is 6.07 Å². The molecule has 0 radical (unpaired) electrons. The number of hydrogen-bond acceptors (Lipinski definition) is 2. The highest BCUT2D eigenvalue weighted by Gasteiger charge is 2.16. The van der Waals surface area contributed by atoms with E-state index in [4.69, 9.17) is 0 Å². The molecule has 0 spiro atoms. The van der Waals surface area contributed by atoms with Crippen molar-refractivity contribution >= 4 is 0 Å². The largest absolute Gasteiger partial charge is 0.334 e. The minimum atomic E-state index is -0.160. The third-order valence-corrected chi connectivity index (χ3v) is 3.13. The Bertz CT molecular complexity index is 507. The standard InChI is InChI=1S/C14H18FN3/c1-3-18-9-8-17-14(18)13(16-2)10-11-6-4-5-7-12(11)15/h4-9,13,16H,3,10H2,1-2H3. The molecule has 1 heterocycles. The summed E-state index contributed by atoms with van der Waals surface area (Å²) in [5, 5.41) is 3.20. The van der Waals surface area contributed by atoms with Crippen molar-refractivity contribution in [3.63, 3.8) is 0 Å². The zero-order valence-electron chi connectivity index (χ0n) is 10.7. The molecular weight excluding hydrogens is 229 g/mol. The van der Waals surface area contributed by atoms with Crippen LogP contribution in [0.4, 0.5) is 4.39 Å². The fraction of sp³-hybridized carbons (Fsp3) is 0.357. The number of likely N-dealkylation sites (N-methyl/N-ethyl adjacent to an activating group) is 1. The molecule has 1 unspecified atom stereocenters. The van der Waals surface area contributed by atoms with Gasteiger partial charge in [-0.25, -0.2) is 9.37 Å². The maximum Gasteiger partial charge on any atom is 0.126 e. The van der Waals surface area contributed by atoms with Gasteiger partial charge in [-0.1, -0.05) is 18.2 Å². The lowest BCUT2D eigenvalue weighted by molar-refractivity contribution is 0.508. The van der Waals surface area contributed by atoms with Gasteiger partial charge in [0.25, 0.3) is 0 Å². The molecule has 0 aliphatic rings. The minimum Gasteiger partial charge on any atom is -0.334 e. The quantitative estimate of drug-likeness (QED) is 0.880. The van der Waals surface area contributed by atoms with E-state index in [9.17, 15) is 4.39 Å². The molecule has 1 aromatic heterocycles. The molecule has 1 N–H and O–H groups in total. The van der Waals surface area contributed by atoms with Gasteiger partial charge in [-0.2, -0.15) is 0 Å². The van der Waals surface area contributed by atoms with E-state index in [1.54, 1.807) is 12.3 Å². The van der Waals surface area contributed by atoms with E-state index < -0.39 is 0 Å². The van der Waals surface area contributed by atoms with Gasteiger partial charge in [0.05, 0.1) is 6.04 Å². The van der Waals surface area contributed by atoms with Crippen LogP contribution >= 0.6 is 0 Å². The van der Waals surface area contributed by atoms with Crippen LogP contribution < -0.4 is 5.32 Å². The highest BCUT2D eigenvalue weighted by atomic mass is 19.1. The molecule has 0 bridgehead atoms. The van der Waals surface area contributed by atoms with Crippen molar-refractivity contribution in [3.05, 3.63) is 53.9 Å². The van der Waals surface area contributed by atoms with Crippen molar-refractivity contribution in [1.82, 2.24) is 14.9 Å². The lowest BCUT2D eigenvalue weighted by atomic mass is 10.0. The summed E-state index contributed by atoms with van der Waals surface area (Å²) in [5.41, 5.74) is 0.711. The van der Waals surface area contributed by atoms with Gasteiger partial charge in [-0.15, -0.1) is 0 Å². The summed E-state index contributed by atoms with van der Waals surface area (Å²) >= 11 is 0. The topological polar surface area (TPSA) is 29.9 Å². The molecule has 0 saturated heterocycles. The van der Waals surface area contributed by atoms with Crippen molar-refractivity contribution in [1.29, 1.82) is 0 Å². The van der Waals surface area contributed by atoms with Crippen molar-refractivity contribution in [2.45, 2.75) is 25.9 Å². The Balaban J connectivity index is 2.23. The molecule has 0 fully saturated rings. The fourth-order valence-electron chi connectivity index (χ4n) is 2.10. The lowest BCUT2D eigenvalue weighted by Gasteiger charge is -2.17. The summed E-state index contributed by atoms with van der Waals surface area (Å²) in [6, 6.07) is 6.90. The van der Waals surface area contributed by atoms with Crippen LogP contribution in [0.2, 0.25) is 0 Å². The van der Waals surface area contributed by atoms with E-state index in [1.807, 2.05) is 25.4 Å². The lowest BCUT2D eigenvalue weighted by Crippen LogP contribution is -2.23. The van der Waals surface area contributed by atoms with E-state index >= 15 is 0 Å². The summed E-state index contributed by atoms with van der Waals surface area (Å²) in [7, 11) is 1.88. The summed E-state index contributed by atoms with van der Waals surface area (Å²) in [4.78, 5) is 4.36. The number of rotatable bonds is 5. The zero-order chi connectivity index (χ0) is 13.0. The number of nitrogens with one attached hydrogen (secondary N) is 1. The zero-order valence-corrected chi connectivity index (χ0v) is 10.7. The highest BCUT2D eigenvalue weighted by Crippen LogP contribution is 2.18. The molecule has 2 rings (SSSR count). The van der Waals surface area contributed by atoms with Gasteiger partial charge in [0, 0.05) is 18.9 Å². The Labute approximate surface area is 107 Å². The molecule has 1 atom stereocenters. The molecular formula is C14H18FN3. The van der Waals surface area contributed by atoms with Crippen LogP contribution in [0.5, 0.6) is 0 Å². The van der Waals surface area contributed by atoms with E-state index in [-0.39, 0.29) is 11.9 Å². The average molecular weight is 247 g/mol. The van der Waals surface area contributed by atoms with Gasteiger partial charge in [0.15, 0.2) is 0 Å². The molecule has 96 valence electrons. The van der Waals surface area contributed by atoms with Gasteiger partial charge in [0.1, 0.15) is 11.6 Å². The van der Waals surface area contributed by atoms with Crippen LogP contribution in [0.25, 0.3) is 0 Å². The first kappa shape index (κ1) is 12.8. The third-order valence-electron chi connectivity index (χ3n) is 3.13. The first-order chi connectivity index (χ1) is 8.76. The summed E-state index contributed by atoms with van der Waals surface area (Å²) < 4.78 is 15.7. The van der Waals surface area contributed by atoms with Crippen molar-refractivity contribution in [3.8, 4) is 0 Å². The molecule has 2 aromatic rings.